The molecule has 1 amide bonds. The number of carbonyl (C=O) groups excluding carboxylic acids is 1. The Morgan fingerprint density at radius 2 is 2.26 bits per heavy atom. The lowest BCUT2D eigenvalue weighted by Crippen LogP contribution is -2.33. The molecule has 2 aromatic heterocycles. The van der Waals surface area contributed by atoms with Crippen molar-refractivity contribution in [2.75, 3.05) is 7.05 Å². The molecule has 0 N–H and O–H groups in total. The van der Waals surface area contributed by atoms with Crippen molar-refractivity contribution in [1.29, 1.82) is 0 Å². The molecule has 0 spiro atoms. The van der Waals surface area contributed by atoms with Crippen molar-refractivity contribution in [1.82, 2.24) is 14.5 Å². The first-order chi connectivity index (χ1) is 11.0. The van der Waals surface area contributed by atoms with Gasteiger partial charge >= 0.3 is 0 Å². The van der Waals surface area contributed by atoms with Crippen LogP contribution in [0, 0.1) is 0 Å². The highest BCUT2D eigenvalue weighted by molar-refractivity contribution is 7.11. The summed E-state index contributed by atoms with van der Waals surface area (Å²) in [6.07, 6.45) is 5.56. The predicted octanol–water partition coefficient (Wildman–Crippen LogP) is 2.55. The molecule has 6 heteroatoms. The summed E-state index contributed by atoms with van der Waals surface area (Å²) in [6, 6.07) is 3.13. The molecule has 0 aromatic carbocycles. The van der Waals surface area contributed by atoms with Crippen molar-refractivity contribution in [2.24, 2.45) is 7.05 Å². The number of nitrogens with zero attached hydrogens (tertiary/aromatic N) is 3. The van der Waals surface area contributed by atoms with E-state index in [1.807, 2.05) is 7.05 Å². The van der Waals surface area contributed by atoms with E-state index < -0.39 is 0 Å². The van der Waals surface area contributed by atoms with Crippen LogP contribution in [0.3, 0.4) is 0 Å². The molecule has 1 unspecified atom stereocenters. The molecule has 0 saturated heterocycles. The van der Waals surface area contributed by atoms with Crippen molar-refractivity contribution in [3.63, 3.8) is 0 Å². The number of hydrogen-bond donors (Lipinski definition) is 0. The van der Waals surface area contributed by atoms with Crippen LogP contribution in [0.1, 0.15) is 51.7 Å². The summed E-state index contributed by atoms with van der Waals surface area (Å²) < 4.78 is 1.44. The van der Waals surface area contributed by atoms with E-state index in [2.05, 4.69) is 6.92 Å². The van der Waals surface area contributed by atoms with Gasteiger partial charge in [-0.25, -0.2) is 4.98 Å². The number of hydrogen-bond acceptors (Lipinski definition) is 4. The zero-order chi connectivity index (χ0) is 16.6. The van der Waals surface area contributed by atoms with E-state index >= 15 is 0 Å². The molecule has 0 saturated carbocycles. The van der Waals surface area contributed by atoms with Gasteiger partial charge < -0.3 is 9.47 Å². The van der Waals surface area contributed by atoms with Crippen molar-refractivity contribution < 1.29 is 4.79 Å². The number of rotatable bonds is 3. The fourth-order valence-corrected chi connectivity index (χ4v) is 4.27. The maximum atomic E-state index is 12.8. The number of fused-ring (bicyclic) bond motifs is 1. The number of thiazole rings is 1. The minimum atomic E-state index is -0.112. The monoisotopic (exact) mass is 331 g/mol. The fourth-order valence-electron chi connectivity index (χ4n) is 3.03. The van der Waals surface area contributed by atoms with E-state index in [-0.39, 0.29) is 17.5 Å². The summed E-state index contributed by atoms with van der Waals surface area (Å²) >= 11 is 1.73. The predicted molar refractivity (Wildman–Crippen MR) is 90.9 cm³/mol. The van der Waals surface area contributed by atoms with Gasteiger partial charge in [-0.3, -0.25) is 9.59 Å². The van der Waals surface area contributed by atoms with Gasteiger partial charge in [0.15, 0.2) is 0 Å². The Hall–Kier alpha value is -1.95. The Kier molecular flexibility index (Phi) is 4.35. The number of aryl methyl sites for hydroxylation is 3. The van der Waals surface area contributed by atoms with Gasteiger partial charge in [-0.05, 0) is 31.7 Å². The zero-order valence-electron chi connectivity index (χ0n) is 13.7. The third-order valence-corrected chi connectivity index (χ3v) is 5.73. The lowest BCUT2D eigenvalue weighted by atomic mass is 9.96. The van der Waals surface area contributed by atoms with Crippen LogP contribution in [-0.2, 0) is 19.9 Å². The fraction of sp³-hybridized carbons (Fsp3) is 0.471. The summed E-state index contributed by atoms with van der Waals surface area (Å²) in [7, 11) is 3.51. The largest absolute Gasteiger partial charge is 0.334 e. The Morgan fingerprint density at radius 3 is 2.96 bits per heavy atom. The molecule has 122 valence electrons. The Bertz CT molecular complexity index is 793. The van der Waals surface area contributed by atoms with E-state index in [9.17, 15) is 9.59 Å². The first-order valence-electron chi connectivity index (χ1n) is 7.93. The van der Waals surface area contributed by atoms with Gasteiger partial charge in [0.05, 0.1) is 27.2 Å². The van der Waals surface area contributed by atoms with Crippen molar-refractivity contribution in [2.45, 2.75) is 38.6 Å². The molecule has 0 aliphatic heterocycles. The topological polar surface area (TPSA) is 55.2 Å². The summed E-state index contributed by atoms with van der Waals surface area (Å²) in [5.74, 6) is -0.0510. The molecule has 23 heavy (non-hydrogen) atoms. The highest BCUT2D eigenvalue weighted by Gasteiger charge is 2.30. The van der Waals surface area contributed by atoms with Gasteiger partial charge in [0, 0.05) is 26.4 Å². The Labute approximate surface area is 139 Å². The first kappa shape index (κ1) is 15.9. The normalized spacial score (nSPS) is 16.9. The van der Waals surface area contributed by atoms with Crippen LogP contribution in [0.2, 0.25) is 0 Å². The minimum Gasteiger partial charge on any atom is -0.334 e. The van der Waals surface area contributed by atoms with Crippen LogP contribution >= 0.6 is 11.3 Å². The summed E-state index contributed by atoms with van der Waals surface area (Å²) in [5, 5.41) is 1.14. The standard InChI is InChI=1S/C17H21N3O2S/c1-4-14-18-12-6-5-7-13(16(12)23-14)20(3)17(22)11-8-9-15(21)19(2)10-11/h8-10,13H,4-7H2,1-3H3. The molecule has 2 heterocycles. The van der Waals surface area contributed by atoms with E-state index in [4.69, 9.17) is 4.98 Å². The second-order valence-corrected chi connectivity index (χ2v) is 7.08. The SMILES string of the molecule is CCc1nc2c(s1)C(N(C)C(=O)c1ccc(=O)n(C)c1)CCC2. The molecule has 1 aliphatic carbocycles. The zero-order valence-corrected chi connectivity index (χ0v) is 14.5. The second-order valence-electron chi connectivity index (χ2n) is 5.96. The molecular formula is C17H21N3O2S. The number of aromatic nitrogens is 2. The summed E-state index contributed by atoms with van der Waals surface area (Å²) in [6.45, 7) is 2.11. The maximum absolute atomic E-state index is 12.8. The molecule has 5 nitrogen and oxygen atoms in total. The van der Waals surface area contributed by atoms with E-state index in [1.165, 1.54) is 15.5 Å². The smallest absolute Gasteiger partial charge is 0.255 e. The number of pyridine rings is 1. The van der Waals surface area contributed by atoms with Crippen molar-refractivity contribution in [3.8, 4) is 0 Å². The second kappa shape index (κ2) is 6.28. The Balaban J connectivity index is 1.90. The lowest BCUT2D eigenvalue weighted by Gasteiger charge is -2.30. The average Bonchev–Trinajstić information content (AvgIpc) is 2.99. The third kappa shape index (κ3) is 2.95. The molecule has 0 fully saturated rings. The first-order valence-corrected chi connectivity index (χ1v) is 8.75. The highest BCUT2D eigenvalue weighted by Crippen LogP contribution is 2.38. The molecule has 1 atom stereocenters. The van der Waals surface area contributed by atoms with Crippen LogP contribution in [0.25, 0.3) is 0 Å². The van der Waals surface area contributed by atoms with E-state index in [0.717, 1.165) is 36.4 Å². The molecule has 3 rings (SSSR count). The van der Waals surface area contributed by atoms with Gasteiger partial charge in [0.25, 0.3) is 5.91 Å². The number of amides is 1. The lowest BCUT2D eigenvalue weighted by molar-refractivity contribution is 0.0717. The van der Waals surface area contributed by atoms with E-state index in [0.29, 0.717) is 5.56 Å². The third-order valence-electron chi connectivity index (χ3n) is 4.39. The Morgan fingerprint density at radius 1 is 1.48 bits per heavy atom. The minimum absolute atomic E-state index is 0.0510. The molecule has 0 bridgehead atoms. The van der Waals surface area contributed by atoms with Gasteiger partial charge in [-0.15, -0.1) is 11.3 Å². The van der Waals surface area contributed by atoms with Crippen LogP contribution in [-0.4, -0.2) is 27.4 Å². The van der Waals surface area contributed by atoms with Gasteiger partial charge in [-0.1, -0.05) is 6.92 Å². The van der Waals surface area contributed by atoms with Crippen molar-refractivity contribution >= 4 is 17.2 Å². The van der Waals surface area contributed by atoms with Gasteiger partial charge in [0.1, 0.15) is 0 Å². The van der Waals surface area contributed by atoms with Gasteiger partial charge in [0.2, 0.25) is 5.56 Å². The van der Waals surface area contributed by atoms with Crippen LogP contribution < -0.4 is 5.56 Å². The molecule has 2 aromatic rings. The summed E-state index contributed by atoms with van der Waals surface area (Å²) in [5.41, 5.74) is 1.59. The maximum Gasteiger partial charge on any atom is 0.255 e. The number of carbonyl (C=O) groups is 1. The average molecular weight is 331 g/mol. The molecule has 0 radical (unpaired) electrons. The van der Waals surface area contributed by atoms with Crippen molar-refractivity contribution in [3.05, 3.63) is 49.8 Å². The quantitative estimate of drug-likeness (QED) is 0.868. The van der Waals surface area contributed by atoms with E-state index in [1.54, 1.807) is 35.5 Å². The van der Waals surface area contributed by atoms with Crippen LogP contribution in [0.4, 0.5) is 0 Å². The summed E-state index contributed by atoms with van der Waals surface area (Å²) in [4.78, 5) is 32.0. The molecular weight excluding hydrogens is 310 g/mol. The highest BCUT2D eigenvalue weighted by atomic mass is 32.1. The van der Waals surface area contributed by atoms with Crippen LogP contribution in [0.5, 0.6) is 0 Å². The van der Waals surface area contributed by atoms with Crippen LogP contribution in [0.15, 0.2) is 23.1 Å². The molecule has 1 aliphatic rings. The van der Waals surface area contributed by atoms with Gasteiger partial charge in [-0.2, -0.15) is 0 Å².